The highest BCUT2D eigenvalue weighted by Crippen LogP contribution is 2.24. The van der Waals surface area contributed by atoms with Crippen molar-refractivity contribution >= 4 is 27.0 Å². The minimum atomic E-state index is -3.63. The largest absolute Gasteiger partial charge is 0.453 e. The Labute approximate surface area is 186 Å². The molecule has 1 fully saturated rings. The fraction of sp³-hybridized carbons (Fsp3) is 0.429. The summed E-state index contributed by atoms with van der Waals surface area (Å²) in [5, 5.41) is 0. The molecule has 3 aromatic rings. The van der Waals surface area contributed by atoms with E-state index in [-0.39, 0.29) is 17.2 Å². The lowest BCUT2D eigenvalue weighted by Crippen LogP contribution is -2.40. The number of nitrogens with zero attached hydrogens (tertiary/aromatic N) is 5. The fourth-order valence-electron chi connectivity index (χ4n) is 3.54. The lowest BCUT2D eigenvalue weighted by atomic mass is 10.3. The van der Waals surface area contributed by atoms with Gasteiger partial charge in [0.05, 0.1) is 41.0 Å². The zero-order valence-electron chi connectivity index (χ0n) is 18.0. The third kappa shape index (κ3) is 4.50. The summed E-state index contributed by atoms with van der Waals surface area (Å²) in [4.78, 5) is 25.2. The van der Waals surface area contributed by atoms with Gasteiger partial charge in [0.2, 0.25) is 10.0 Å². The van der Waals surface area contributed by atoms with E-state index in [1.54, 1.807) is 25.1 Å². The van der Waals surface area contributed by atoms with Crippen LogP contribution in [-0.2, 0) is 32.6 Å². The number of imidazole rings is 1. The summed E-state index contributed by atoms with van der Waals surface area (Å²) in [5.74, 6) is -0.0561. The number of aromatic nitrogens is 4. The standard InChI is InChI=1S/C21H25N5O5S/c1-3-6-26-19-5-4-16(32(28,29)25-7-9-30-10-8-25)11-17(19)24-20(26)14-31-21(27)18-13-22-15(2)12-23-18/h4-5,11-13H,3,6-10,14H2,1-2H3. The van der Waals surface area contributed by atoms with Gasteiger partial charge in [-0.1, -0.05) is 6.92 Å². The number of aryl methyl sites for hydroxylation is 2. The van der Waals surface area contributed by atoms with E-state index in [9.17, 15) is 13.2 Å². The Hall–Kier alpha value is -2.89. The molecule has 11 heteroatoms. The summed E-state index contributed by atoms with van der Waals surface area (Å²) in [6, 6.07) is 4.92. The number of benzene rings is 1. The third-order valence-corrected chi connectivity index (χ3v) is 7.07. The molecule has 0 spiro atoms. The van der Waals surface area contributed by atoms with Gasteiger partial charge in [0.1, 0.15) is 12.4 Å². The molecule has 1 aliphatic heterocycles. The van der Waals surface area contributed by atoms with Gasteiger partial charge in [0.25, 0.3) is 0 Å². The Morgan fingerprint density at radius 1 is 1.19 bits per heavy atom. The van der Waals surface area contributed by atoms with Crippen LogP contribution in [0.2, 0.25) is 0 Å². The van der Waals surface area contributed by atoms with Crippen LogP contribution in [0.1, 0.15) is 35.4 Å². The first-order valence-electron chi connectivity index (χ1n) is 10.4. The molecule has 10 nitrogen and oxygen atoms in total. The number of hydrogen-bond donors (Lipinski definition) is 0. The highest BCUT2D eigenvalue weighted by Gasteiger charge is 2.27. The van der Waals surface area contributed by atoms with E-state index in [0.29, 0.717) is 49.9 Å². The fourth-order valence-corrected chi connectivity index (χ4v) is 4.97. The van der Waals surface area contributed by atoms with Crippen molar-refractivity contribution in [2.24, 2.45) is 0 Å². The molecule has 2 aromatic heterocycles. The van der Waals surface area contributed by atoms with Gasteiger partial charge in [0, 0.05) is 25.8 Å². The third-order valence-electron chi connectivity index (χ3n) is 5.18. The summed E-state index contributed by atoms with van der Waals surface area (Å²) in [6.45, 7) is 5.82. The molecule has 3 heterocycles. The van der Waals surface area contributed by atoms with Crippen molar-refractivity contribution in [3.05, 3.63) is 47.8 Å². The van der Waals surface area contributed by atoms with Crippen LogP contribution in [0.5, 0.6) is 0 Å². The van der Waals surface area contributed by atoms with Crippen LogP contribution in [0.25, 0.3) is 11.0 Å². The van der Waals surface area contributed by atoms with E-state index in [1.807, 2.05) is 11.5 Å². The maximum absolute atomic E-state index is 13.0. The molecule has 32 heavy (non-hydrogen) atoms. The number of ether oxygens (including phenoxy) is 2. The number of fused-ring (bicyclic) bond motifs is 1. The molecule has 0 amide bonds. The molecule has 0 radical (unpaired) electrons. The van der Waals surface area contributed by atoms with Gasteiger partial charge in [-0.25, -0.2) is 23.2 Å². The Balaban J connectivity index is 1.60. The summed E-state index contributed by atoms with van der Waals surface area (Å²) in [5.41, 5.74) is 2.14. The van der Waals surface area contributed by atoms with Crippen LogP contribution >= 0.6 is 0 Å². The van der Waals surface area contributed by atoms with Crippen LogP contribution in [0.15, 0.2) is 35.5 Å². The van der Waals surface area contributed by atoms with Gasteiger partial charge in [-0.05, 0) is 31.5 Å². The molecular weight excluding hydrogens is 434 g/mol. The van der Waals surface area contributed by atoms with Crippen molar-refractivity contribution in [3.8, 4) is 0 Å². The molecule has 1 aromatic carbocycles. The highest BCUT2D eigenvalue weighted by atomic mass is 32.2. The molecule has 1 saturated heterocycles. The van der Waals surface area contributed by atoms with Crippen LogP contribution in [0.4, 0.5) is 0 Å². The number of carbonyl (C=O) groups is 1. The number of rotatable bonds is 7. The molecule has 1 aliphatic rings. The quantitative estimate of drug-likeness (QED) is 0.492. The first kappa shape index (κ1) is 22.3. The number of hydrogen-bond acceptors (Lipinski definition) is 8. The molecule has 0 N–H and O–H groups in total. The van der Waals surface area contributed by atoms with Crippen molar-refractivity contribution in [2.75, 3.05) is 26.3 Å². The SMILES string of the molecule is CCCn1c(COC(=O)c2cnc(C)cn2)nc2cc(S(=O)(=O)N3CCOCC3)ccc21. The van der Waals surface area contributed by atoms with Crippen LogP contribution in [0, 0.1) is 6.92 Å². The summed E-state index contributed by atoms with van der Waals surface area (Å²) >= 11 is 0. The minimum Gasteiger partial charge on any atom is -0.453 e. The Morgan fingerprint density at radius 2 is 1.97 bits per heavy atom. The summed E-state index contributed by atoms with van der Waals surface area (Å²) in [7, 11) is -3.63. The van der Waals surface area contributed by atoms with Crippen molar-refractivity contribution in [1.82, 2.24) is 23.8 Å². The predicted octanol–water partition coefficient (Wildman–Crippen LogP) is 1.92. The van der Waals surface area contributed by atoms with E-state index in [4.69, 9.17) is 9.47 Å². The number of carbonyl (C=O) groups excluding carboxylic acids is 1. The number of sulfonamides is 1. The molecule has 0 atom stereocenters. The monoisotopic (exact) mass is 459 g/mol. The van der Waals surface area contributed by atoms with Crippen molar-refractivity contribution in [1.29, 1.82) is 0 Å². The zero-order valence-corrected chi connectivity index (χ0v) is 18.8. The van der Waals surface area contributed by atoms with E-state index in [2.05, 4.69) is 15.0 Å². The van der Waals surface area contributed by atoms with Crippen molar-refractivity contribution < 1.29 is 22.7 Å². The molecule has 4 rings (SSSR count). The Bertz CT molecular complexity index is 1220. The van der Waals surface area contributed by atoms with E-state index in [1.165, 1.54) is 16.7 Å². The van der Waals surface area contributed by atoms with Gasteiger partial charge in [0.15, 0.2) is 5.69 Å². The normalized spacial score (nSPS) is 15.2. The second-order valence-corrected chi connectivity index (χ2v) is 9.40. The second kappa shape index (κ2) is 9.31. The van der Waals surface area contributed by atoms with Crippen molar-refractivity contribution in [2.45, 2.75) is 38.3 Å². The Kier molecular flexibility index (Phi) is 6.49. The Morgan fingerprint density at radius 3 is 2.66 bits per heavy atom. The lowest BCUT2D eigenvalue weighted by molar-refractivity contribution is 0.0451. The van der Waals surface area contributed by atoms with Gasteiger partial charge >= 0.3 is 5.97 Å². The van der Waals surface area contributed by atoms with E-state index in [0.717, 1.165) is 11.9 Å². The van der Waals surface area contributed by atoms with E-state index >= 15 is 0 Å². The van der Waals surface area contributed by atoms with Gasteiger partial charge in [-0.2, -0.15) is 4.31 Å². The first-order valence-corrected chi connectivity index (χ1v) is 11.9. The number of esters is 1. The maximum atomic E-state index is 13.0. The minimum absolute atomic E-state index is 0.0609. The molecule has 0 saturated carbocycles. The lowest BCUT2D eigenvalue weighted by Gasteiger charge is -2.26. The molecule has 0 bridgehead atoms. The summed E-state index contributed by atoms with van der Waals surface area (Å²) < 4.78 is 40.0. The molecule has 0 aliphatic carbocycles. The van der Waals surface area contributed by atoms with Gasteiger partial charge in [-0.15, -0.1) is 0 Å². The molecule has 170 valence electrons. The van der Waals surface area contributed by atoms with Gasteiger partial charge < -0.3 is 14.0 Å². The zero-order chi connectivity index (χ0) is 22.7. The highest BCUT2D eigenvalue weighted by molar-refractivity contribution is 7.89. The topological polar surface area (TPSA) is 117 Å². The van der Waals surface area contributed by atoms with Crippen LogP contribution in [0.3, 0.4) is 0 Å². The maximum Gasteiger partial charge on any atom is 0.358 e. The summed E-state index contributed by atoms with van der Waals surface area (Å²) in [6.07, 6.45) is 3.71. The predicted molar refractivity (Wildman–Crippen MR) is 115 cm³/mol. The average molecular weight is 460 g/mol. The van der Waals surface area contributed by atoms with Crippen LogP contribution in [-0.4, -0.2) is 64.5 Å². The molecule has 0 unspecified atom stereocenters. The first-order chi connectivity index (χ1) is 15.4. The number of morpholine rings is 1. The molecular formula is C21H25N5O5S. The van der Waals surface area contributed by atoms with Crippen LogP contribution < -0.4 is 0 Å². The van der Waals surface area contributed by atoms with E-state index < -0.39 is 16.0 Å². The second-order valence-electron chi connectivity index (χ2n) is 7.47. The smallest absolute Gasteiger partial charge is 0.358 e. The van der Waals surface area contributed by atoms with Crippen molar-refractivity contribution in [3.63, 3.8) is 0 Å². The van der Waals surface area contributed by atoms with Gasteiger partial charge in [-0.3, -0.25) is 4.98 Å². The average Bonchev–Trinajstić information content (AvgIpc) is 3.15.